The van der Waals surface area contributed by atoms with Gasteiger partial charge in [0.1, 0.15) is 12.6 Å². The zero-order valence-electron chi connectivity index (χ0n) is 18.8. The third kappa shape index (κ3) is 6.22. The lowest BCUT2D eigenvalue weighted by Gasteiger charge is -2.16. The van der Waals surface area contributed by atoms with Crippen molar-refractivity contribution in [1.82, 2.24) is 5.32 Å². The number of nitrogens with one attached hydrogen (secondary N) is 1. The van der Waals surface area contributed by atoms with Gasteiger partial charge in [-0.1, -0.05) is 93.3 Å². The maximum Gasteiger partial charge on any atom is 0.407 e. The average Bonchev–Trinajstić information content (AvgIpc) is 3.12. The highest BCUT2D eigenvalue weighted by molar-refractivity contribution is 5.81. The van der Waals surface area contributed by atoms with Crippen LogP contribution in [0.15, 0.2) is 60.7 Å². The number of amides is 1. The average molecular weight is 436 g/mol. The number of ether oxygens (including phenoxy) is 1. The number of carbonyl (C=O) groups excluding carboxylic acids is 1. The van der Waals surface area contributed by atoms with Crippen LogP contribution in [0, 0.1) is 0 Å². The summed E-state index contributed by atoms with van der Waals surface area (Å²) in [6, 6.07) is 15.2. The molecule has 0 heterocycles. The van der Waals surface area contributed by atoms with Crippen LogP contribution in [0.3, 0.4) is 0 Å². The predicted molar refractivity (Wildman–Crippen MR) is 127 cm³/mol. The molecule has 0 unspecified atom stereocenters. The molecule has 3 rings (SSSR count). The number of carboxylic acids is 1. The maximum atomic E-state index is 12.4. The SMILES string of the molecule is CCCCCCCC=CC[C@H](NC(=O)OCC1c2ccccc2-c2ccccc21)C(=O)O. The summed E-state index contributed by atoms with van der Waals surface area (Å²) in [5.41, 5.74) is 4.55. The summed E-state index contributed by atoms with van der Waals surface area (Å²) in [6.07, 6.45) is 10.3. The first-order chi connectivity index (χ1) is 15.6. The maximum absolute atomic E-state index is 12.4. The van der Waals surface area contributed by atoms with E-state index in [1.165, 1.54) is 25.7 Å². The van der Waals surface area contributed by atoms with Crippen molar-refractivity contribution in [2.24, 2.45) is 0 Å². The second-order valence-electron chi connectivity index (χ2n) is 8.27. The Morgan fingerprint density at radius 1 is 0.969 bits per heavy atom. The Balaban J connectivity index is 1.49. The Labute approximate surface area is 190 Å². The zero-order valence-corrected chi connectivity index (χ0v) is 18.8. The minimum absolute atomic E-state index is 0.0518. The van der Waals surface area contributed by atoms with Gasteiger partial charge >= 0.3 is 12.1 Å². The number of unbranched alkanes of at least 4 members (excludes halogenated alkanes) is 5. The molecule has 2 N–H and O–H groups in total. The number of fused-ring (bicyclic) bond motifs is 3. The quantitative estimate of drug-likeness (QED) is 0.304. The van der Waals surface area contributed by atoms with Crippen LogP contribution in [-0.2, 0) is 9.53 Å². The third-order valence-corrected chi connectivity index (χ3v) is 5.95. The van der Waals surface area contributed by atoms with E-state index in [4.69, 9.17) is 4.74 Å². The Kier molecular flexibility index (Phi) is 8.90. The highest BCUT2D eigenvalue weighted by Gasteiger charge is 2.29. The van der Waals surface area contributed by atoms with Crippen molar-refractivity contribution in [3.05, 3.63) is 71.8 Å². The first-order valence-electron chi connectivity index (χ1n) is 11.6. The fourth-order valence-electron chi connectivity index (χ4n) is 4.22. The fourth-order valence-corrected chi connectivity index (χ4v) is 4.22. The van der Waals surface area contributed by atoms with E-state index in [-0.39, 0.29) is 18.9 Å². The van der Waals surface area contributed by atoms with Crippen LogP contribution in [0.2, 0.25) is 0 Å². The Morgan fingerprint density at radius 2 is 1.59 bits per heavy atom. The minimum Gasteiger partial charge on any atom is -0.480 e. The van der Waals surface area contributed by atoms with Crippen molar-refractivity contribution in [3.8, 4) is 11.1 Å². The van der Waals surface area contributed by atoms with Crippen LogP contribution in [0.5, 0.6) is 0 Å². The Bertz CT molecular complexity index is 891. The molecular formula is C27H33NO4. The summed E-state index contributed by atoms with van der Waals surface area (Å²) in [5, 5.41) is 12.0. The van der Waals surface area contributed by atoms with Crippen LogP contribution in [0.25, 0.3) is 11.1 Å². The number of aliphatic carboxylic acids is 1. The first kappa shape index (κ1) is 23.6. The van der Waals surface area contributed by atoms with E-state index in [9.17, 15) is 14.7 Å². The summed E-state index contributed by atoms with van der Waals surface area (Å²) < 4.78 is 5.47. The largest absolute Gasteiger partial charge is 0.480 e. The van der Waals surface area contributed by atoms with Gasteiger partial charge in [0.25, 0.3) is 0 Å². The summed E-state index contributed by atoms with van der Waals surface area (Å²) in [5.74, 6) is -1.12. The second-order valence-corrected chi connectivity index (χ2v) is 8.27. The molecule has 1 amide bonds. The van der Waals surface area contributed by atoms with E-state index in [1.807, 2.05) is 48.6 Å². The standard InChI is InChI=1S/C27H33NO4/c1-2-3-4-5-6-7-8-9-18-25(26(29)30)28-27(31)32-19-24-22-16-12-10-14-20(22)21-15-11-13-17-23(21)24/h8-17,24-25H,2-7,18-19H2,1H3,(H,28,31)(H,29,30)/t25-/m0/s1. The molecule has 32 heavy (non-hydrogen) atoms. The van der Waals surface area contributed by atoms with Crippen LogP contribution in [-0.4, -0.2) is 29.8 Å². The number of carbonyl (C=O) groups is 2. The Hall–Kier alpha value is -3.08. The number of alkyl carbamates (subject to hydrolysis) is 1. The van der Waals surface area contributed by atoms with Crippen LogP contribution in [0.4, 0.5) is 4.79 Å². The van der Waals surface area contributed by atoms with Crippen molar-refractivity contribution < 1.29 is 19.4 Å². The molecule has 1 aliphatic carbocycles. The van der Waals surface area contributed by atoms with Gasteiger partial charge in [-0.2, -0.15) is 0 Å². The zero-order chi connectivity index (χ0) is 22.8. The molecule has 0 bridgehead atoms. The van der Waals surface area contributed by atoms with Gasteiger partial charge in [-0.15, -0.1) is 0 Å². The van der Waals surface area contributed by atoms with Gasteiger partial charge in [0.05, 0.1) is 0 Å². The van der Waals surface area contributed by atoms with Crippen LogP contribution >= 0.6 is 0 Å². The molecule has 0 spiro atoms. The second kappa shape index (κ2) is 12.1. The monoisotopic (exact) mass is 435 g/mol. The summed E-state index contributed by atoms with van der Waals surface area (Å²) in [4.78, 5) is 23.9. The number of hydrogen-bond donors (Lipinski definition) is 2. The van der Waals surface area contributed by atoms with E-state index in [0.717, 1.165) is 35.1 Å². The van der Waals surface area contributed by atoms with Gasteiger partial charge in [0.2, 0.25) is 0 Å². The summed E-state index contributed by atoms with van der Waals surface area (Å²) >= 11 is 0. The smallest absolute Gasteiger partial charge is 0.407 e. The normalized spacial score (nSPS) is 13.5. The van der Waals surface area contributed by atoms with E-state index >= 15 is 0 Å². The van der Waals surface area contributed by atoms with Crippen LogP contribution in [0.1, 0.15) is 68.9 Å². The van der Waals surface area contributed by atoms with Crippen molar-refractivity contribution in [2.45, 2.75) is 63.8 Å². The molecule has 0 fully saturated rings. The Morgan fingerprint density at radius 3 is 2.22 bits per heavy atom. The van der Waals surface area contributed by atoms with Crippen LogP contribution < -0.4 is 5.32 Å². The molecule has 1 aliphatic rings. The fraction of sp³-hybridized carbons (Fsp3) is 0.407. The molecule has 2 aromatic carbocycles. The van der Waals surface area contributed by atoms with Crippen molar-refractivity contribution in [1.29, 1.82) is 0 Å². The van der Waals surface area contributed by atoms with Crippen molar-refractivity contribution in [3.63, 3.8) is 0 Å². The minimum atomic E-state index is -1.06. The summed E-state index contributed by atoms with van der Waals surface area (Å²) in [6.45, 7) is 2.36. The molecule has 5 heteroatoms. The van der Waals surface area contributed by atoms with Crippen molar-refractivity contribution in [2.75, 3.05) is 6.61 Å². The van der Waals surface area contributed by atoms with E-state index in [0.29, 0.717) is 0 Å². The first-order valence-corrected chi connectivity index (χ1v) is 11.6. The number of hydrogen-bond acceptors (Lipinski definition) is 3. The van der Waals surface area contributed by atoms with Gasteiger partial charge < -0.3 is 15.2 Å². The molecule has 1 atom stereocenters. The molecule has 0 aromatic heterocycles. The topological polar surface area (TPSA) is 75.6 Å². The summed E-state index contributed by atoms with van der Waals surface area (Å²) in [7, 11) is 0. The van der Waals surface area contributed by atoms with E-state index < -0.39 is 18.1 Å². The molecule has 170 valence electrons. The van der Waals surface area contributed by atoms with Gasteiger partial charge in [-0.3, -0.25) is 0 Å². The third-order valence-electron chi connectivity index (χ3n) is 5.95. The van der Waals surface area contributed by atoms with Gasteiger partial charge in [0, 0.05) is 5.92 Å². The lowest BCUT2D eigenvalue weighted by molar-refractivity contribution is -0.139. The highest BCUT2D eigenvalue weighted by atomic mass is 16.5. The van der Waals surface area contributed by atoms with Crippen molar-refractivity contribution >= 4 is 12.1 Å². The molecule has 2 aromatic rings. The molecule has 0 aliphatic heterocycles. The molecule has 0 saturated heterocycles. The lowest BCUT2D eigenvalue weighted by Crippen LogP contribution is -2.41. The molecule has 0 radical (unpaired) electrons. The molecule has 5 nitrogen and oxygen atoms in total. The number of benzene rings is 2. The highest BCUT2D eigenvalue weighted by Crippen LogP contribution is 2.44. The lowest BCUT2D eigenvalue weighted by atomic mass is 9.98. The van der Waals surface area contributed by atoms with Gasteiger partial charge in [0.15, 0.2) is 0 Å². The molecule has 0 saturated carbocycles. The number of allylic oxidation sites excluding steroid dienone is 1. The van der Waals surface area contributed by atoms with E-state index in [2.05, 4.69) is 24.4 Å². The van der Waals surface area contributed by atoms with E-state index in [1.54, 1.807) is 0 Å². The van der Waals surface area contributed by atoms with Gasteiger partial charge in [-0.05, 0) is 41.5 Å². The van der Waals surface area contributed by atoms with Gasteiger partial charge in [-0.25, -0.2) is 9.59 Å². The number of rotatable bonds is 12. The number of carboxylic acid groups (broad SMARTS) is 1. The predicted octanol–water partition coefficient (Wildman–Crippen LogP) is 6.29. The molecular weight excluding hydrogens is 402 g/mol.